The van der Waals surface area contributed by atoms with Crippen molar-refractivity contribution in [3.05, 3.63) is 59.7 Å². The predicted molar refractivity (Wildman–Crippen MR) is 107 cm³/mol. The fraction of sp³-hybridized carbons (Fsp3) is 0.333. The molecule has 0 amide bonds. The minimum atomic E-state index is -4.09. The summed E-state index contributed by atoms with van der Waals surface area (Å²) in [5.74, 6) is 0. The van der Waals surface area contributed by atoms with Crippen LogP contribution < -0.4 is 0 Å². The summed E-state index contributed by atoms with van der Waals surface area (Å²) in [4.78, 5) is -0.106. The van der Waals surface area contributed by atoms with Gasteiger partial charge in [-0.05, 0) is 38.1 Å². The smallest absolute Gasteiger partial charge is 0.263 e. The number of aryl methyl sites for hydroxylation is 2. The lowest BCUT2D eigenvalue weighted by atomic mass is 10.2. The summed E-state index contributed by atoms with van der Waals surface area (Å²) in [5.41, 5.74) is 1.76. The van der Waals surface area contributed by atoms with Crippen LogP contribution in [0.1, 0.15) is 11.1 Å². The van der Waals surface area contributed by atoms with Crippen molar-refractivity contribution in [1.82, 2.24) is 0 Å². The van der Waals surface area contributed by atoms with E-state index in [1.54, 1.807) is 24.3 Å². The van der Waals surface area contributed by atoms with Gasteiger partial charge in [0.2, 0.25) is 0 Å². The highest BCUT2D eigenvalue weighted by Gasteiger charge is 2.38. The Morgan fingerprint density at radius 3 is 1.40 bits per heavy atom. The van der Waals surface area contributed by atoms with Gasteiger partial charge in [0.1, 0.15) is 12.2 Å². The van der Waals surface area contributed by atoms with E-state index >= 15 is 0 Å². The molecular formula is C18H20O9S3. The van der Waals surface area contributed by atoms with E-state index in [4.69, 9.17) is 16.7 Å². The van der Waals surface area contributed by atoms with Crippen molar-refractivity contribution in [2.45, 2.75) is 35.8 Å². The van der Waals surface area contributed by atoms with Gasteiger partial charge in [-0.15, -0.1) is 0 Å². The van der Waals surface area contributed by atoms with E-state index in [0.717, 1.165) is 11.1 Å². The van der Waals surface area contributed by atoms with Gasteiger partial charge in [0, 0.05) is 0 Å². The minimum absolute atomic E-state index is 0.0529. The third-order valence-electron chi connectivity index (χ3n) is 4.21. The van der Waals surface area contributed by atoms with Crippen molar-refractivity contribution in [2.24, 2.45) is 0 Å². The molecule has 0 radical (unpaired) electrons. The van der Waals surface area contributed by atoms with Crippen molar-refractivity contribution in [3.63, 3.8) is 0 Å². The highest BCUT2D eigenvalue weighted by Crippen LogP contribution is 2.23. The maximum atomic E-state index is 12.3. The number of hydrogen-bond acceptors (Lipinski definition) is 9. The number of benzene rings is 2. The normalized spacial score (nSPS) is 20.5. The van der Waals surface area contributed by atoms with Gasteiger partial charge in [0.05, 0.1) is 23.0 Å². The van der Waals surface area contributed by atoms with Crippen LogP contribution in [0.25, 0.3) is 0 Å². The highest BCUT2D eigenvalue weighted by molar-refractivity contribution is 7.87. The molecule has 0 saturated carbocycles. The topological polar surface area (TPSA) is 122 Å². The van der Waals surface area contributed by atoms with Crippen molar-refractivity contribution < 1.29 is 37.8 Å². The molecule has 1 aliphatic heterocycles. The Bertz CT molecular complexity index is 1020. The van der Waals surface area contributed by atoms with E-state index in [2.05, 4.69) is 0 Å². The molecule has 0 spiro atoms. The molecule has 164 valence electrons. The van der Waals surface area contributed by atoms with Crippen LogP contribution in [-0.4, -0.2) is 46.5 Å². The van der Waals surface area contributed by atoms with Crippen LogP contribution in [0.2, 0.25) is 0 Å². The SMILES string of the molecule is Cc1ccc(S(=O)(=O)OC[C@H]2OS(=O)O[C@@H]2COS(=O)(=O)c2ccc(C)cc2)cc1. The fourth-order valence-corrected chi connectivity index (χ4v) is 5.12. The molecule has 1 saturated heterocycles. The maximum absolute atomic E-state index is 12.3. The zero-order valence-corrected chi connectivity index (χ0v) is 18.5. The Morgan fingerprint density at radius 1 is 0.733 bits per heavy atom. The van der Waals surface area contributed by atoms with Gasteiger partial charge < -0.3 is 0 Å². The van der Waals surface area contributed by atoms with E-state index in [0.29, 0.717) is 0 Å². The molecule has 3 rings (SSSR count). The maximum Gasteiger partial charge on any atom is 0.305 e. The molecule has 2 atom stereocenters. The average Bonchev–Trinajstić information content (AvgIpc) is 3.05. The molecule has 0 unspecified atom stereocenters. The van der Waals surface area contributed by atoms with E-state index in [1.807, 2.05) is 13.8 Å². The van der Waals surface area contributed by atoms with Crippen LogP contribution in [0.4, 0.5) is 0 Å². The zero-order chi connectivity index (χ0) is 21.9. The Labute approximate surface area is 178 Å². The van der Waals surface area contributed by atoms with Gasteiger partial charge in [-0.25, -0.2) is 0 Å². The summed E-state index contributed by atoms with van der Waals surface area (Å²) in [7, 11) is -8.18. The largest absolute Gasteiger partial charge is 0.305 e. The number of hydrogen-bond donors (Lipinski definition) is 0. The second-order valence-electron chi connectivity index (χ2n) is 6.58. The first-order valence-electron chi connectivity index (χ1n) is 8.75. The molecule has 2 aromatic rings. The first kappa shape index (κ1) is 23.0. The third-order valence-corrected chi connectivity index (χ3v) is 7.61. The molecule has 0 aliphatic carbocycles. The second kappa shape index (κ2) is 9.22. The summed E-state index contributed by atoms with van der Waals surface area (Å²) in [6.45, 7) is 2.57. The van der Waals surface area contributed by atoms with Gasteiger partial charge in [-0.1, -0.05) is 35.4 Å². The quantitative estimate of drug-likeness (QED) is 0.525. The van der Waals surface area contributed by atoms with Gasteiger partial charge >= 0.3 is 11.4 Å². The Kier molecular flexibility index (Phi) is 7.07. The second-order valence-corrected chi connectivity index (χ2v) is 10.6. The summed E-state index contributed by atoms with van der Waals surface area (Å²) in [6.07, 6.45) is -2.22. The molecular weight excluding hydrogens is 456 g/mol. The van der Waals surface area contributed by atoms with Crippen LogP contribution in [0.3, 0.4) is 0 Å². The lowest BCUT2D eigenvalue weighted by Gasteiger charge is -2.15. The van der Waals surface area contributed by atoms with Gasteiger partial charge in [-0.2, -0.15) is 21.0 Å². The third kappa shape index (κ3) is 5.72. The van der Waals surface area contributed by atoms with E-state index < -0.39 is 57.0 Å². The molecule has 0 bridgehead atoms. The fourth-order valence-electron chi connectivity index (χ4n) is 2.48. The molecule has 9 nitrogen and oxygen atoms in total. The van der Waals surface area contributed by atoms with Crippen LogP contribution in [0, 0.1) is 13.8 Å². The summed E-state index contributed by atoms with van der Waals surface area (Å²) < 4.78 is 80.7. The summed E-state index contributed by atoms with van der Waals surface area (Å²) >= 11 is -2.18. The predicted octanol–water partition coefficient (Wildman–Crippen LogP) is 1.78. The Balaban J connectivity index is 1.63. The molecule has 1 fully saturated rings. The molecule has 12 heteroatoms. The van der Waals surface area contributed by atoms with E-state index in [-0.39, 0.29) is 9.79 Å². The van der Waals surface area contributed by atoms with Gasteiger partial charge in [0.25, 0.3) is 20.2 Å². The molecule has 30 heavy (non-hydrogen) atoms. The van der Waals surface area contributed by atoms with Crippen LogP contribution in [0.15, 0.2) is 58.3 Å². The van der Waals surface area contributed by atoms with E-state index in [1.165, 1.54) is 24.3 Å². The monoisotopic (exact) mass is 476 g/mol. The van der Waals surface area contributed by atoms with Crippen LogP contribution >= 0.6 is 0 Å². The van der Waals surface area contributed by atoms with Crippen molar-refractivity contribution in [1.29, 1.82) is 0 Å². The van der Waals surface area contributed by atoms with Crippen molar-refractivity contribution in [3.8, 4) is 0 Å². The van der Waals surface area contributed by atoms with Crippen LogP contribution in [0.5, 0.6) is 0 Å². The lowest BCUT2D eigenvalue weighted by molar-refractivity contribution is 0.0707. The Morgan fingerprint density at radius 2 is 1.07 bits per heavy atom. The Hall–Kier alpha value is -1.67. The molecule has 2 aromatic carbocycles. The zero-order valence-electron chi connectivity index (χ0n) is 16.1. The average molecular weight is 477 g/mol. The van der Waals surface area contributed by atoms with Crippen molar-refractivity contribution in [2.75, 3.05) is 13.2 Å². The van der Waals surface area contributed by atoms with Gasteiger partial charge in [0.15, 0.2) is 0 Å². The first-order valence-corrected chi connectivity index (χ1v) is 12.6. The minimum Gasteiger partial charge on any atom is -0.263 e. The summed E-state index contributed by atoms with van der Waals surface area (Å²) in [6, 6.07) is 12.0. The molecule has 0 N–H and O–H groups in total. The molecule has 0 aromatic heterocycles. The summed E-state index contributed by atoms with van der Waals surface area (Å²) in [5, 5.41) is 0. The highest BCUT2D eigenvalue weighted by atomic mass is 32.2. The first-order chi connectivity index (χ1) is 14.1. The van der Waals surface area contributed by atoms with Crippen molar-refractivity contribution >= 4 is 31.6 Å². The van der Waals surface area contributed by atoms with Crippen LogP contribution in [-0.2, 0) is 48.3 Å². The molecule has 1 heterocycles. The lowest BCUT2D eigenvalue weighted by Crippen LogP contribution is -2.33. The molecule has 1 aliphatic rings. The number of rotatable bonds is 8. The standard InChI is InChI=1S/C18H20O9S3/c1-13-3-7-15(8-4-13)29(20,21)24-11-17-18(27-28(19)26-17)12-25-30(22,23)16-9-5-14(2)6-10-16/h3-10,17-18H,11-12H2,1-2H3/t17-,18-/m1/s1. The van der Waals surface area contributed by atoms with Gasteiger partial charge in [-0.3, -0.25) is 16.7 Å². The van der Waals surface area contributed by atoms with E-state index in [9.17, 15) is 21.0 Å².